The number of nitrogens with one attached hydrogen (secondary N) is 1. The Morgan fingerprint density at radius 1 is 1.21 bits per heavy atom. The van der Waals surface area contributed by atoms with Gasteiger partial charge in [-0.2, -0.15) is 5.10 Å². The number of aryl methyl sites for hydroxylation is 2. The third kappa shape index (κ3) is 3.97. The lowest BCUT2D eigenvalue weighted by Gasteiger charge is -2.11. The first-order valence-electron chi connectivity index (χ1n) is 9.41. The molecule has 0 aliphatic rings. The number of hydrogen-bond donors (Lipinski definition) is 1. The number of halogens is 1. The van der Waals surface area contributed by atoms with Crippen LogP contribution >= 0.6 is 11.6 Å². The smallest absolute Gasteiger partial charge is 0.276 e. The Morgan fingerprint density at radius 2 is 1.89 bits per heavy atom. The maximum absolute atomic E-state index is 13.0. The van der Waals surface area contributed by atoms with Gasteiger partial charge in [-0.25, -0.2) is 4.68 Å². The largest absolute Gasteiger partial charge is 0.352 e. The number of nitrogens with zero attached hydrogens (tertiary/aromatic N) is 3. The van der Waals surface area contributed by atoms with Crippen LogP contribution in [0, 0.1) is 13.8 Å². The average molecular weight is 401 g/mol. The van der Waals surface area contributed by atoms with Crippen molar-refractivity contribution >= 4 is 28.3 Å². The van der Waals surface area contributed by atoms with E-state index in [0.29, 0.717) is 17.0 Å². The van der Waals surface area contributed by atoms with Gasteiger partial charge >= 0.3 is 0 Å². The van der Waals surface area contributed by atoms with Crippen molar-refractivity contribution < 1.29 is 4.79 Å². The zero-order valence-corrected chi connectivity index (χ0v) is 17.4. The lowest BCUT2D eigenvalue weighted by Crippen LogP contribution is -2.37. The van der Waals surface area contributed by atoms with Crippen LogP contribution in [-0.2, 0) is 17.9 Å². The van der Waals surface area contributed by atoms with E-state index in [-0.39, 0.29) is 24.1 Å². The van der Waals surface area contributed by atoms with Gasteiger partial charge in [-0.3, -0.25) is 9.59 Å². The fraction of sp³-hybridized carbons (Fsp3) is 0.381. The van der Waals surface area contributed by atoms with E-state index in [2.05, 4.69) is 15.0 Å². The Kier molecular flexibility index (Phi) is 5.89. The highest BCUT2D eigenvalue weighted by atomic mass is 35.5. The molecule has 0 radical (unpaired) electrons. The van der Waals surface area contributed by atoms with Crippen LogP contribution in [0.25, 0.3) is 10.8 Å². The summed E-state index contributed by atoms with van der Waals surface area (Å²) in [4.78, 5) is 25.2. The van der Waals surface area contributed by atoms with E-state index >= 15 is 0 Å². The molecule has 0 bridgehead atoms. The molecule has 0 saturated heterocycles. The first kappa shape index (κ1) is 20.1. The molecule has 3 rings (SSSR count). The third-order valence-electron chi connectivity index (χ3n) is 5.17. The first-order valence-corrected chi connectivity index (χ1v) is 9.79. The van der Waals surface area contributed by atoms with Gasteiger partial charge in [0.25, 0.3) is 5.56 Å². The van der Waals surface area contributed by atoms with Crippen molar-refractivity contribution in [2.45, 2.75) is 53.2 Å². The second-order valence-electron chi connectivity index (χ2n) is 7.16. The quantitative estimate of drug-likeness (QED) is 0.689. The van der Waals surface area contributed by atoms with Gasteiger partial charge in [0.15, 0.2) is 0 Å². The summed E-state index contributed by atoms with van der Waals surface area (Å²) in [6.45, 7) is 8.39. The summed E-state index contributed by atoms with van der Waals surface area (Å²) < 4.78 is 3.33. The van der Waals surface area contributed by atoms with Crippen molar-refractivity contribution in [1.29, 1.82) is 0 Å². The predicted octanol–water partition coefficient (Wildman–Crippen LogP) is 3.43. The van der Waals surface area contributed by atoms with Gasteiger partial charge < -0.3 is 9.88 Å². The van der Waals surface area contributed by atoms with E-state index in [4.69, 9.17) is 11.6 Å². The van der Waals surface area contributed by atoms with Crippen LogP contribution in [0.1, 0.15) is 37.2 Å². The number of aromatic nitrogens is 3. The summed E-state index contributed by atoms with van der Waals surface area (Å²) in [6, 6.07) is 7.73. The lowest BCUT2D eigenvalue weighted by atomic mass is 10.2. The second-order valence-corrected chi connectivity index (χ2v) is 7.59. The Hall–Kier alpha value is -2.60. The predicted molar refractivity (Wildman–Crippen MR) is 112 cm³/mol. The van der Waals surface area contributed by atoms with Crippen molar-refractivity contribution in [3.63, 3.8) is 0 Å². The zero-order valence-electron chi connectivity index (χ0n) is 16.6. The molecular weight excluding hydrogens is 376 g/mol. The summed E-state index contributed by atoms with van der Waals surface area (Å²) in [7, 11) is 0. The number of fused-ring (bicyclic) bond motifs is 1. The highest BCUT2D eigenvalue weighted by Gasteiger charge is 2.17. The monoisotopic (exact) mass is 400 g/mol. The number of carbonyl (C=O) groups is 1. The summed E-state index contributed by atoms with van der Waals surface area (Å²) in [5, 5.41) is 9.21. The molecule has 1 amide bonds. The number of amides is 1. The lowest BCUT2D eigenvalue weighted by molar-refractivity contribution is -0.122. The molecule has 1 N–H and O–H groups in total. The molecule has 1 atom stereocenters. The zero-order chi connectivity index (χ0) is 20.4. The van der Waals surface area contributed by atoms with Crippen LogP contribution in [-0.4, -0.2) is 26.3 Å². The minimum absolute atomic E-state index is 0.0661. The van der Waals surface area contributed by atoms with Crippen LogP contribution < -0.4 is 10.9 Å². The summed E-state index contributed by atoms with van der Waals surface area (Å²) in [5.74, 6) is -0.210. The summed E-state index contributed by atoms with van der Waals surface area (Å²) >= 11 is 5.97. The fourth-order valence-electron chi connectivity index (χ4n) is 3.33. The number of carbonyl (C=O) groups excluding carboxylic acids is 1. The number of rotatable bonds is 6. The molecular formula is C21H25ClN4O2. The molecule has 0 unspecified atom stereocenters. The molecule has 0 spiro atoms. The van der Waals surface area contributed by atoms with Crippen LogP contribution in [0.3, 0.4) is 0 Å². The minimum Gasteiger partial charge on any atom is -0.352 e. The van der Waals surface area contributed by atoms with Crippen molar-refractivity contribution in [2.24, 2.45) is 0 Å². The Balaban J connectivity index is 1.96. The topological polar surface area (TPSA) is 68.9 Å². The molecule has 6 nitrogen and oxygen atoms in total. The molecule has 148 valence electrons. The average Bonchev–Trinajstić information content (AvgIpc) is 2.90. The Bertz CT molecular complexity index is 1070. The maximum atomic E-state index is 13.0. The van der Waals surface area contributed by atoms with Gasteiger partial charge in [0.1, 0.15) is 6.54 Å². The normalized spacial score (nSPS) is 12.3. The molecule has 0 fully saturated rings. The summed E-state index contributed by atoms with van der Waals surface area (Å²) in [6.07, 6.45) is 2.51. The summed E-state index contributed by atoms with van der Waals surface area (Å²) in [5.41, 5.74) is 2.69. The third-order valence-corrected chi connectivity index (χ3v) is 5.42. The molecule has 0 saturated carbocycles. The van der Waals surface area contributed by atoms with Gasteiger partial charge in [-0.1, -0.05) is 30.7 Å². The molecule has 1 aromatic carbocycles. The maximum Gasteiger partial charge on any atom is 0.276 e. The van der Waals surface area contributed by atoms with E-state index in [1.807, 2.05) is 52.0 Å². The second kappa shape index (κ2) is 8.19. The van der Waals surface area contributed by atoms with E-state index in [1.165, 1.54) is 4.68 Å². The van der Waals surface area contributed by atoms with Crippen molar-refractivity contribution in [3.05, 3.63) is 62.8 Å². The SMILES string of the molecule is CC[C@H](C)NC(=O)Cn1ncc2c(C)n(Cc3ccc(Cl)cc3)c(C)c2c1=O. The van der Waals surface area contributed by atoms with E-state index < -0.39 is 0 Å². The van der Waals surface area contributed by atoms with Crippen LogP contribution in [0.15, 0.2) is 35.3 Å². The van der Waals surface area contributed by atoms with E-state index in [9.17, 15) is 9.59 Å². The van der Waals surface area contributed by atoms with Gasteiger partial charge in [-0.15, -0.1) is 0 Å². The van der Waals surface area contributed by atoms with Gasteiger partial charge in [0.05, 0.1) is 11.6 Å². The van der Waals surface area contributed by atoms with Crippen LogP contribution in [0.4, 0.5) is 0 Å². The molecule has 3 aromatic rings. The fourth-order valence-corrected chi connectivity index (χ4v) is 3.45. The van der Waals surface area contributed by atoms with Crippen LogP contribution in [0.5, 0.6) is 0 Å². The molecule has 2 heterocycles. The van der Waals surface area contributed by atoms with E-state index in [1.54, 1.807) is 6.20 Å². The Labute approximate surface area is 169 Å². The van der Waals surface area contributed by atoms with Crippen molar-refractivity contribution in [1.82, 2.24) is 19.7 Å². The van der Waals surface area contributed by atoms with Gasteiger partial charge in [-0.05, 0) is 44.9 Å². The molecule has 28 heavy (non-hydrogen) atoms. The first-order chi connectivity index (χ1) is 13.3. The molecule has 0 aliphatic carbocycles. The van der Waals surface area contributed by atoms with Crippen LogP contribution in [0.2, 0.25) is 5.02 Å². The van der Waals surface area contributed by atoms with Gasteiger partial charge in [0, 0.05) is 34.4 Å². The molecule has 2 aromatic heterocycles. The number of hydrogen-bond acceptors (Lipinski definition) is 3. The molecule has 7 heteroatoms. The van der Waals surface area contributed by atoms with Gasteiger partial charge in [0.2, 0.25) is 5.91 Å². The highest BCUT2D eigenvalue weighted by molar-refractivity contribution is 6.30. The van der Waals surface area contributed by atoms with Crippen molar-refractivity contribution in [3.8, 4) is 0 Å². The standard InChI is InChI=1S/C21H25ClN4O2/c1-5-13(2)24-19(27)12-26-21(28)20-15(4)25(14(3)18(20)10-23-26)11-16-6-8-17(22)9-7-16/h6-10,13H,5,11-12H2,1-4H3,(H,24,27)/t13-/m0/s1. The van der Waals surface area contributed by atoms with E-state index in [0.717, 1.165) is 28.8 Å². The highest BCUT2D eigenvalue weighted by Crippen LogP contribution is 2.23. The van der Waals surface area contributed by atoms with Crippen molar-refractivity contribution in [2.75, 3.05) is 0 Å². The Morgan fingerprint density at radius 3 is 2.54 bits per heavy atom. The minimum atomic E-state index is -0.243. The number of benzene rings is 1. The molecule has 0 aliphatic heterocycles.